The first kappa shape index (κ1) is 14.2. The monoisotopic (exact) mass is 301 g/mol. The molecule has 0 radical (unpaired) electrons. The van der Waals surface area contributed by atoms with E-state index in [9.17, 15) is 4.39 Å². The first-order valence-corrected chi connectivity index (χ1v) is 6.38. The van der Waals surface area contributed by atoms with Gasteiger partial charge in [0.15, 0.2) is 11.6 Å². The molecule has 0 heterocycles. The molecule has 0 bridgehead atoms. The van der Waals surface area contributed by atoms with Crippen molar-refractivity contribution in [2.75, 3.05) is 13.2 Å². The first-order chi connectivity index (χ1) is 8.13. The zero-order valence-corrected chi connectivity index (χ0v) is 11.5. The van der Waals surface area contributed by atoms with E-state index in [2.05, 4.69) is 34.7 Å². The fourth-order valence-electron chi connectivity index (χ4n) is 1.34. The van der Waals surface area contributed by atoms with Crippen molar-refractivity contribution in [3.8, 4) is 5.75 Å². The summed E-state index contributed by atoms with van der Waals surface area (Å²) in [6, 6.07) is 5.00. The third kappa shape index (κ3) is 5.33. The van der Waals surface area contributed by atoms with Crippen molar-refractivity contribution in [2.45, 2.75) is 19.9 Å². The molecule has 0 unspecified atom stereocenters. The van der Waals surface area contributed by atoms with E-state index < -0.39 is 0 Å². The summed E-state index contributed by atoms with van der Waals surface area (Å²) in [5.41, 5.74) is 0.918. The number of nitrogens with one attached hydrogen (secondary N) is 1. The Morgan fingerprint density at radius 2 is 2.29 bits per heavy atom. The van der Waals surface area contributed by atoms with Crippen LogP contribution in [0.2, 0.25) is 0 Å². The summed E-state index contributed by atoms with van der Waals surface area (Å²) in [4.78, 5) is 0. The van der Waals surface area contributed by atoms with Crippen LogP contribution in [-0.4, -0.2) is 13.2 Å². The number of hydrogen-bond acceptors (Lipinski definition) is 2. The molecule has 0 aliphatic carbocycles. The van der Waals surface area contributed by atoms with Crippen LogP contribution < -0.4 is 10.1 Å². The Bertz CT molecular complexity index is 382. The minimum Gasteiger partial charge on any atom is -0.485 e. The maximum absolute atomic E-state index is 13.6. The molecule has 94 valence electrons. The largest absolute Gasteiger partial charge is 0.485 e. The molecule has 1 aromatic carbocycles. The fourth-order valence-corrected chi connectivity index (χ4v) is 1.45. The normalized spacial score (nSPS) is 10.3. The lowest BCUT2D eigenvalue weighted by molar-refractivity contribution is 0.339. The van der Waals surface area contributed by atoms with Crippen molar-refractivity contribution >= 4 is 15.9 Å². The van der Waals surface area contributed by atoms with E-state index >= 15 is 0 Å². The first-order valence-electron chi connectivity index (χ1n) is 5.58. The van der Waals surface area contributed by atoms with Crippen molar-refractivity contribution in [1.82, 2.24) is 5.32 Å². The van der Waals surface area contributed by atoms with Crippen LogP contribution in [0, 0.1) is 5.82 Å². The molecule has 4 heteroatoms. The summed E-state index contributed by atoms with van der Waals surface area (Å²) < 4.78 is 19.5. The van der Waals surface area contributed by atoms with E-state index in [1.54, 1.807) is 6.07 Å². The molecule has 0 aromatic heterocycles. The third-order valence-electron chi connectivity index (χ3n) is 2.14. The zero-order valence-electron chi connectivity index (χ0n) is 9.93. The summed E-state index contributed by atoms with van der Waals surface area (Å²) in [5.74, 6) is -0.0839. The summed E-state index contributed by atoms with van der Waals surface area (Å²) in [6.07, 6.45) is 1.07. The average molecular weight is 302 g/mol. The molecule has 17 heavy (non-hydrogen) atoms. The Hall–Kier alpha value is -0.870. The van der Waals surface area contributed by atoms with E-state index in [0.29, 0.717) is 11.0 Å². The highest BCUT2D eigenvalue weighted by Crippen LogP contribution is 2.19. The Morgan fingerprint density at radius 1 is 1.53 bits per heavy atom. The predicted molar refractivity (Wildman–Crippen MR) is 72.0 cm³/mol. The molecule has 0 atom stereocenters. The van der Waals surface area contributed by atoms with Crippen LogP contribution in [0.4, 0.5) is 4.39 Å². The van der Waals surface area contributed by atoms with Gasteiger partial charge >= 0.3 is 0 Å². The van der Waals surface area contributed by atoms with Gasteiger partial charge in [0.25, 0.3) is 0 Å². The van der Waals surface area contributed by atoms with Crippen LogP contribution in [-0.2, 0) is 6.54 Å². The molecule has 0 aliphatic heterocycles. The second-order valence-corrected chi connectivity index (χ2v) is 4.87. The van der Waals surface area contributed by atoms with Crippen molar-refractivity contribution < 1.29 is 9.13 Å². The van der Waals surface area contributed by atoms with Crippen LogP contribution in [0.1, 0.15) is 18.9 Å². The topological polar surface area (TPSA) is 21.3 Å². The van der Waals surface area contributed by atoms with E-state index in [1.807, 2.05) is 6.07 Å². The average Bonchev–Trinajstić information content (AvgIpc) is 2.28. The van der Waals surface area contributed by atoms with Gasteiger partial charge in [-0.05, 0) is 30.7 Å². The van der Waals surface area contributed by atoms with Crippen LogP contribution in [0.25, 0.3) is 0 Å². The van der Waals surface area contributed by atoms with Crippen LogP contribution >= 0.6 is 15.9 Å². The maximum Gasteiger partial charge on any atom is 0.165 e. The quantitative estimate of drug-likeness (QED) is 0.777. The zero-order chi connectivity index (χ0) is 12.7. The maximum atomic E-state index is 13.6. The van der Waals surface area contributed by atoms with Crippen molar-refractivity contribution in [3.05, 3.63) is 40.6 Å². The Morgan fingerprint density at radius 3 is 2.88 bits per heavy atom. The molecule has 2 nitrogen and oxygen atoms in total. The number of halogens is 2. The Kier molecular flexibility index (Phi) is 6.22. The molecule has 0 aliphatic rings. The third-order valence-corrected chi connectivity index (χ3v) is 2.37. The van der Waals surface area contributed by atoms with E-state index in [4.69, 9.17) is 4.74 Å². The highest BCUT2D eigenvalue weighted by atomic mass is 79.9. The van der Waals surface area contributed by atoms with Crippen molar-refractivity contribution in [3.63, 3.8) is 0 Å². The van der Waals surface area contributed by atoms with Crippen molar-refractivity contribution in [2.24, 2.45) is 0 Å². The summed E-state index contributed by atoms with van der Waals surface area (Å²) >= 11 is 3.16. The molecule has 0 amide bonds. The second kappa shape index (κ2) is 7.45. The summed E-state index contributed by atoms with van der Waals surface area (Å²) in [5, 5.41) is 3.22. The van der Waals surface area contributed by atoms with E-state index in [1.165, 1.54) is 6.07 Å². The molecule has 0 saturated heterocycles. The molecule has 0 spiro atoms. The van der Waals surface area contributed by atoms with Gasteiger partial charge in [0.1, 0.15) is 6.61 Å². The van der Waals surface area contributed by atoms with Gasteiger partial charge in [0, 0.05) is 11.0 Å². The molecule has 0 saturated carbocycles. The smallest absolute Gasteiger partial charge is 0.165 e. The van der Waals surface area contributed by atoms with Crippen LogP contribution in [0.15, 0.2) is 29.3 Å². The van der Waals surface area contributed by atoms with Gasteiger partial charge in [-0.3, -0.25) is 0 Å². The number of rotatable bonds is 7. The molecule has 1 rings (SSSR count). The standard InChI is InChI=1S/C13H17BrFNO/c1-3-6-16-8-11-4-5-13(12(15)7-11)17-9-10(2)14/h4-5,7,16H,2-3,6,8-9H2,1H3. The number of ether oxygens (including phenoxy) is 1. The lowest BCUT2D eigenvalue weighted by atomic mass is 10.2. The van der Waals surface area contributed by atoms with Gasteiger partial charge < -0.3 is 10.1 Å². The Labute approximate surface area is 110 Å². The molecular weight excluding hydrogens is 285 g/mol. The van der Waals surface area contributed by atoms with Gasteiger partial charge in [-0.15, -0.1) is 0 Å². The minimum absolute atomic E-state index is 0.254. The lowest BCUT2D eigenvalue weighted by Crippen LogP contribution is -2.13. The van der Waals surface area contributed by atoms with E-state index in [0.717, 1.165) is 18.5 Å². The van der Waals surface area contributed by atoms with Crippen LogP contribution in [0.5, 0.6) is 5.75 Å². The van der Waals surface area contributed by atoms with Gasteiger partial charge in [-0.1, -0.05) is 35.5 Å². The number of benzene rings is 1. The van der Waals surface area contributed by atoms with E-state index in [-0.39, 0.29) is 18.2 Å². The minimum atomic E-state index is -0.338. The summed E-state index contributed by atoms with van der Waals surface area (Å²) in [7, 11) is 0. The highest BCUT2D eigenvalue weighted by molar-refractivity contribution is 9.11. The molecule has 0 fully saturated rings. The summed E-state index contributed by atoms with van der Waals surface area (Å²) in [6.45, 7) is 7.60. The fraction of sp³-hybridized carbons (Fsp3) is 0.385. The molecule has 1 N–H and O–H groups in total. The lowest BCUT2D eigenvalue weighted by Gasteiger charge is -2.08. The predicted octanol–water partition coefficient (Wildman–Crippen LogP) is 3.61. The SMILES string of the molecule is C=C(Br)COc1ccc(CNCCC)cc1F. The van der Waals surface area contributed by atoms with Gasteiger partial charge in [0.2, 0.25) is 0 Å². The number of hydrogen-bond donors (Lipinski definition) is 1. The molecule has 1 aromatic rings. The van der Waals surface area contributed by atoms with Gasteiger partial charge in [0.05, 0.1) is 0 Å². The molecular formula is C13H17BrFNO. The highest BCUT2D eigenvalue weighted by Gasteiger charge is 2.04. The van der Waals surface area contributed by atoms with Crippen molar-refractivity contribution in [1.29, 1.82) is 0 Å². The van der Waals surface area contributed by atoms with Gasteiger partial charge in [-0.25, -0.2) is 4.39 Å². The Balaban J connectivity index is 2.56. The van der Waals surface area contributed by atoms with Crippen LogP contribution in [0.3, 0.4) is 0 Å². The second-order valence-electron chi connectivity index (χ2n) is 3.75. The van der Waals surface area contributed by atoms with Gasteiger partial charge in [-0.2, -0.15) is 0 Å².